The Bertz CT molecular complexity index is 855. The fourth-order valence-electron chi connectivity index (χ4n) is 4.71. The van der Waals surface area contributed by atoms with E-state index in [9.17, 15) is 4.79 Å². The molecule has 2 fully saturated rings. The standard InChI is InChI=1S/C20H26N6O2/c1-28-19(27)25-13-17-22-23-18(16-3-2-8-21-11-16)26(17)20(14-25)6-9-24(10-7-20)12-15-4-5-15/h2-3,8,11,15H,4-7,9-10,12-14H2,1H3. The van der Waals surface area contributed by atoms with E-state index in [2.05, 4.69) is 24.6 Å². The lowest BCUT2D eigenvalue weighted by Gasteiger charge is -2.48. The van der Waals surface area contributed by atoms with Gasteiger partial charge in [0.15, 0.2) is 11.6 Å². The number of hydrogen-bond donors (Lipinski definition) is 0. The van der Waals surface area contributed by atoms with Gasteiger partial charge in [0.2, 0.25) is 0 Å². The molecule has 148 valence electrons. The monoisotopic (exact) mass is 382 g/mol. The van der Waals surface area contributed by atoms with Crippen LogP contribution in [-0.2, 0) is 16.8 Å². The van der Waals surface area contributed by atoms with Crippen LogP contribution in [0.4, 0.5) is 4.79 Å². The van der Waals surface area contributed by atoms with Gasteiger partial charge >= 0.3 is 6.09 Å². The van der Waals surface area contributed by atoms with Gasteiger partial charge in [0.05, 0.1) is 19.2 Å². The van der Waals surface area contributed by atoms with E-state index >= 15 is 0 Å². The summed E-state index contributed by atoms with van der Waals surface area (Å²) in [4.78, 5) is 20.9. The summed E-state index contributed by atoms with van der Waals surface area (Å²) in [7, 11) is 1.44. The van der Waals surface area contributed by atoms with Gasteiger partial charge in [-0.25, -0.2) is 4.79 Å². The summed E-state index contributed by atoms with van der Waals surface area (Å²) in [5, 5.41) is 8.94. The number of ether oxygens (including phenoxy) is 1. The zero-order valence-electron chi connectivity index (χ0n) is 16.3. The average molecular weight is 382 g/mol. The number of carbonyl (C=O) groups is 1. The van der Waals surface area contributed by atoms with Gasteiger partial charge in [-0.15, -0.1) is 10.2 Å². The van der Waals surface area contributed by atoms with Crippen LogP contribution in [0.5, 0.6) is 0 Å². The lowest BCUT2D eigenvalue weighted by molar-refractivity contribution is 0.0350. The molecule has 1 saturated heterocycles. The van der Waals surface area contributed by atoms with Crippen molar-refractivity contribution in [1.82, 2.24) is 29.5 Å². The Hall–Kier alpha value is -2.48. The minimum Gasteiger partial charge on any atom is -0.453 e. The molecule has 8 nitrogen and oxygen atoms in total. The summed E-state index contributed by atoms with van der Waals surface area (Å²) in [6.45, 7) is 4.34. The molecule has 0 N–H and O–H groups in total. The number of aromatic nitrogens is 4. The number of rotatable bonds is 3. The van der Waals surface area contributed by atoms with E-state index in [0.29, 0.717) is 13.1 Å². The van der Waals surface area contributed by atoms with Crippen molar-refractivity contribution in [3.05, 3.63) is 30.4 Å². The van der Waals surface area contributed by atoms with Crippen LogP contribution in [0.15, 0.2) is 24.5 Å². The number of piperidine rings is 1. The minimum atomic E-state index is -0.294. The van der Waals surface area contributed by atoms with Crippen LogP contribution in [0.3, 0.4) is 0 Å². The molecule has 0 aromatic carbocycles. The van der Waals surface area contributed by atoms with Crippen molar-refractivity contribution in [2.75, 3.05) is 33.3 Å². The topological polar surface area (TPSA) is 76.4 Å². The Morgan fingerprint density at radius 1 is 1.29 bits per heavy atom. The first-order valence-corrected chi connectivity index (χ1v) is 10.1. The molecule has 0 bridgehead atoms. The highest BCUT2D eigenvalue weighted by atomic mass is 16.5. The normalized spacial score (nSPS) is 21.5. The highest BCUT2D eigenvalue weighted by Gasteiger charge is 2.46. The molecule has 2 aromatic rings. The Balaban J connectivity index is 1.50. The maximum Gasteiger partial charge on any atom is 0.409 e. The number of carbonyl (C=O) groups excluding carboxylic acids is 1. The van der Waals surface area contributed by atoms with Crippen LogP contribution < -0.4 is 0 Å². The summed E-state index contributed by atoms with van der Waals surface area (Å²) in [5.74, 6) is 2.57. The summed E-state index contributed by atoms with van der Waals surface area (Å²) < 4.78 is 7.31. The number of fused-ring (bicyclic) bond motifs is 2. The van der Waals surface area contributed by atoms with Crippen molar-refractivity contribution in [2.45, 2.75) is 37.8 Å². The largest absolute Gasteiger partial charge is 0.453 e. The molecule has 0 atom stereocenters. The summed E-state index contributed by atoms with van der Waals surface area (Å²) in [6.07, 6.45) is 8.01. The van der Waals surface area contributed by atoms with Crippen LogP contribution in [0.2, 0.25) is 0 Å². The fraction of sp³-hybridized carbons (Fsp3) is 0.600. The number of amides is 1. The van der Waals surface area contributed by atoms with E-state index in [-0.39, 0.29) is 11.6 Å². The highest BCUT2D eigenvalue weighted by molar-refractivity contribution is 5.68. The second-order valence-electron chi connectivity index (χ2n) is 8.31. The number of nitrogens with zero attached hydrogens (tertiary/aromatic N) is 6. The second-order valence-corrected chi connectivity index (χ2v) is 8.31. The van der Waals surface area contributed by atoms with Gasteiger partial charge in [-0.3, -0.25) is 9.88 Å². The smallest absolute Gasteiger partial charge is 0.409 e. The fourth-order valence-corrected chi connectivity index (χ4v) is 4.71. The average Bonchev–Trinajstić information content (AvgIpc) is 3.45. The molecule has 0 unspecified atom stereocenters. The zero-order chi connectivity index (χ0) is 19.1. The molecule has 8 heteroatoms. The van der Waals surface area contributed by atoms with Crippen molar-refractivity contribution in [3.63, 3.8) is 0 Å². The third-order valence-corrected chi connectivity index (χ3v) is 6.37. The molecule has 1 amide bonds. The van der Waals surface area contributed by atoms with Crippen LogP contribution in [0.25, 0.3) is 11.4 Å². The SMILES string of the molecule is COC(=O)N1Cc2nnc(-c3cccnc3)n2C2(CCN(CC3CC3)CC2)C1. The Morgan fingerprint density at radius 2 is 2.11 bits per heavy atom. The number of methoxy groups -OCH3 is 1. The van der Waals surface area contributed by atoms with Crippen molar-refractivity contribution in [1.29, 1.82) is 0 Å². The van der Waals surface area contributed by atoms with Gasteiger partial charge in [-0.05, 0) is 43.7 Å². The molecule has 1 spiro atoms. The van der Waals surface area contributed by atoms with Crippen molar-refractivity contribution in [3.8, 4) is 11.4 Å². The predicted octanol–water partition coefficient (Wildman–Crippen LogP) is 2.12. The maximum atomic E-state index is 12.3. The molecule has 5 rings (SSSR count). The van der Waals surface area contributed by atoms with Crippen LogP contribution in [0.1, 0.15) is 31.5 Å². The van der Waals surface area contributed by atoms with Gasteiger partial charge in [0.25, 0.3) is 0 Å². The van der Waals surface area contributed by atoms with Gasteiger partial charge < -0.3 is 14.2 Å². The van der Waals surface area contributed by atoms with E-state index in [0.717, 1.165) is 49.1 Å². The first-order valence-electron chi connectivity index (χ1n) is 10.1. The summed E-state index contributed by atoms with van der Waals surface area (Å²) in [5.41, 5.74) is 0.767. The summed E-state index contributed by atoms with van der Waals surface area (Å²) >= 11 is 0. The first kappa shape index (κ1) is 17.6. The molecule has 2 aliphatic heterocycles. The van der Waals surface area contributed by atoms with E-state index in [1.54, 1.807) is 11.1 Å². The zero-order valence-corrected chi connectivity index (χ0v) is 16.3. The van der Waals surface area contributed by atoms with Gasteiger partial charge in [0.1, 0.15) is 0 Å². The molecule has 3 aliphatic rings. The van der Waals surface area contributed by atoms with Crippen molar-refractivity contribution in [2.24, 2.45) is 5.92 Å². The third-order valence-electron chi connectivity index (χ3n) is 6.37. The molecule has 1 aliphatic carbocycles. The van der Waals surface area contributed by atoms with Crippen LogP contribution in [0, 0.1) is 5.92 Å². The van der Waals surface area contributed by atoms with Crippen LogP contribution >= 0.6 is 0 Å². The number of likely N-dealkylation sites (tertiary alicyclic amines) is 1. The van der Waals surface area contributed by atoms with Gasteiger partial charge in [-0.2, -0.15) is 0 Å². The third kappa shape index (κ3) is 3.05. The number of pyridine rings is 1. The first-order chi connectivity index (χ1) is 13.7. The Kier molecular flexibility index (Phi) is 4.30. The van der Waals surface area contributed by atoms with Crippen LogP contribution in [-0.4, -0.2) is 68.9 Å². The van der Waals surface area contributed by atoms with Gasteiger partial charge in [-0.1, -0.05) is 0 Å². The molecule has 0 radical (unpaired) electrons. The molecule has 2 aromatic heterocycles. The van der Waals surface area contributed by atoms with Crippen molar-refractivity contribution >= 4 is 6.09 Å². The lowest BCUT2D eigenvalue weighted by atomic mass is 9.84. The molecule has 4 heterocycles. The van der Waals surface area contributed by atoms with Crippen molar-refractivity contribution < 1.29 is 9.53 Å². The quantitative estimate of drug-likeness (QED) is 0.809. The lowest BCUT2D eigenvalue weighted by Crippen LogP contribution is -2.57. The minimum absolute atomic E-state index is 0.198. The molecular weight excluding hydrogens is 356 g/mol. The van der Waals surface area contributed by atoms with E-state index in [1.807, 2.05) is 18.3 Å². The van der Waals surface area contributed by atoms with Gasteiger partial charge in [0, 0.05) is 44.1 Å². The molecule has 28 heavy (non-hydrogen) atoms. The highest BCUT2D eigenvalue weighted by Crippen LogP contribution is 2.40. The predicted molar refractivity (Wildman–Crippen MR) is 102 cm³/mol. The van der Waals surface area contributed by atoms with E-state index in [4.69, 9.17) is 4.74 Å². The number of hydrogen-bond acceptors (Lipinski definition) is 6. The second kappa shape index (κ2) is 6.84. The Morgan fingerprint density at radius 3 is 2.79 bits per heavy atom. The van der Waals surface area contributed by atoms with E-state index < -0.39 is 0 Å². The molecule has 1 saturated carbocycles. The Labute approximate surface area is 164 Å². The maximum absolute atomic E-state index is 12.3. The molecular formula is C20H26N6O2. The van der Waals surface area contributed by atoms with E-state index in [1.165, 1.54) is 26.5 Å². The summed E-state index contributed by atoms with van der Waals surface area (Å²) in [6, 6.07) is 3.94.